The fraction of sp³-hybridized carbons (Fsp3) is 0.370. The minimum absolute atomic E-state index is 0.0889. The highest BCUT2D eigenvalue weighted by atomic mass is 16.6. The van der Waals surface area contributed by atoms with Crippen molar-refractivity contribution in [2.45, 2.75) is 47.0 Å². The summed E-state index contributed by atoms with van der Waals surface area (Å²) in [5.74, 6) is -0.236. The second kappa shape index (κ2) is 10.7. The maximum absolute atomic E-state index is 13.2. The molecule has 0 saturated heterocycles. The van der Waals surface area contributed by atoms with E-state index in [9.17, 15) is 19.7 Å². The summed E-state index contributed by atoms with van der Waals surface area (Å²) in [6, 6.07) is 15.2. The number of carbonyl (C=O) groups is 2. The zero-order valence-corrected chi connectivity index (χ0v) is 21.6. The zero-order valence-electron chi connectivity index (χ0n) is 21.6. The predicted octanol–water partition coefficient (Wildman–Crippen LogP) is 5.12. The Morgan fingerprint density at radius 3 is 2.36 bits per heavy atom. The molecule has 0 unspecified atom stereocenters. The highest BCUT2D eigenvalue weighted by molar-refractivity contribution is 5.99. The van der Waals surface area contributed by atoms with Crippen molar-refractivity contribution in [3.8, 4) is 5.69 Å². The van der Waals surface area contributed by atoms with Crippen LogP contribution in [0.2, 0.25) is 0 Å². The third kappa shape index (κ3) is 6.56. The maximum Gasteiger partial charge on any atom is 0.270 e. The van der Waals surface area contributed by atoms with E-state index in [1.54, 1.807) is 4.68 Å². The monoisotopic (exact) mass is 491 g/mol. The summed E-state index contributed by atoms with van der Waals surface area (Å²) >= 11 is 0. The molecule has 1 heterocycles. The molecule has 1 aromatic heterocycles. The first kappa shape index (κ1) is 26.6. The smallest absolute Gasteiger partial charge is 0.270 e. The predicted molar refractivity (Wildman–Crippen MR) is 139 cm³/mol. The van der Waals surface area contributed by atoms with Gasteiger partial charge in [-0.15, -0.1) is 0 Å². The topological polar surface area (TPSA) is 110 Å². The molecule has 3 rings (SSSR count). The number of anilines is 1. The van der Waals surface area contributed by atoms with Crippen molar-refractivity contribution in [1.82, 2.24) is 14.7 Å². The molecular weight excluding hydrogens is 458 g/mol. The van der Waals surface area contributed by atoms with Crippen LogP contribution in [0.1, 0.15) is 56.2 Å². The third-order valence-corrected chi connectivity index (χ3v) is 5.53. The molecule has 2 aromatic carbocycles. The average Bonchev–Trinajstić information content (AvgIpc) is 3.22. The van der Waals surface area contributed by atoms with Gasteiger partial charge in [-0.3, -0.25) is 19.7 Å². The number of aromatic nitrogens is 2. The van der Waals surface area contributed by atoms with Crippen LogP contribution in [0.4, 0.5) is 11.5 Å². The summed E-state index contributed by atoms with van der Waals surface area (Å²) in [4.78, 5) is 38.4. The Morgan fingerprint density at radius 1 is 1.11 bits per heavy atom. The number of aryl methyl sites for hydroxylation is 1. The van der Waals surface area contributed by atoms with Crippen LogP contribution in [-0.4, -0.2) is 44.5 Å². The molecule has 0 aliphatic carbocycles. The summed E-state index contributed by atoms with van der Waals surface area (Å²) in [5.41, 5.74) is 2.47. The van der Waals surface area contributed by atoms with Crippen molar-refractivity contribution in [3.63, 3.8) is 0 Å². The van der Waals surface area contributed by atoms with Crippen LogP contribution in [-0.2, 0) is 10.2 Å². The van der Waals surface area contributed by atoms with Gasteiger partial charge in [0, 0.05) is 35.7 Å². The van der Waals surface area contributed by atoms with Crippen LogP contribution in [0.25, 0.3) is 5.69 Å². The van der Waals surface area contributed by atoms with Crippen LogP contribution < -0.4 is 5.32 Å². The molecule has 9 nitrogen and oxygen atoms in total. The molecule has 0 saturated carbocycles. The van der Waals surface area contributed by atoms with Gasteiger partial charge in [-0.05, 0) is 31.0 Å². The number of rotatable bonds is 8. The minimum Gasteiger partial charge on any atom is -0.329 e. The Hall–Kier alpha value is -4.01. The van der Waals surface area contributed by atoms with E-state index in [0.29, 0.717) is 12.4 Å². The van der Waals surface area contributed by atoms with Gasteiger partial charge >= 0.3 is 0 Å². The third-order valence-electron chi connectivity index (χ3n) is 5.53. The van der Waals surface area contributed by atoms with E-state index in [-0.39, 0.29) is 35.0 Å². The Labute approximate surface area is 211 Å². The van der Waals surface area contributed by atoms with Crippen molar-refractivity contribution >= 4 is 23.3 Å². The lowest BCUT2D eigenvalue weighted by Crippen LogP contribution is -2.40. The Bertz CT molecular complexity index is 1260. The highest BCUT2D eigenvalue weighted by Crippen LogP contribution is 2.26. The standard InChI is InChI=1S/C27H33N5O4/c1-18(2)16-30(26(34)20-8-7-9-22(14-20)32(35)36)17-25(33)28-24-15-23(27(4,5)6)29-31(24)21-12-10-19(3)11-13-21/h7-15,18H,16-17H2,1-6H3,(H,28,33). The largest absolute Gasteiger partial charge is 0.329 e. The highest BCUT2D eigenvalue weighted by Gasteiger charge is 2.24. The quantitative estimate of drug-likeness (QED) is 0.347. The first-order valence-electron chi connectivity index (χ1n) is 11.9. The van der Waals surface area contributed by atoms with Gasteiger partial charge in [0.15, 0.2) is 0 Å². The van der Waals surface area contributed by atoms with Crippen LogP contribution in [0.3, 0.4) is 0 Å². The van der Waals surface area contributed by atoms with Crippen LogP contribution in [0.15, 0.2) is 54.6 Å². The van der Waals surface area contributed by atoms with E-state index in [1.807, 2.05) is 71.9 Å². The molecule has 2 amide bonds. The van der Waals surface area contributed by atoms with Gasteiger partial charge in [-0.1, -0.05) is 58.4 Å². The summed E-state index contributed by atoms with van der Waals surface area (Å²) in [6.45, 7) is 12.1. The first-order valence-corrected chi connectivity index (χ1v) is 11.9. The fourth-order valence-electron chi connectivity index (χ4n) is 3.67. The molecule has 0 spiro atoms. The molecule has 0 atom stereocenters. The van der Waals surface area contributed by atoms with E-state index < -0.39 is 10.8 Å². The molecular formula is C27H33N5O4. The number of nitro benzene ring substituents is 1. The lowest BCUT2D eigenvalue weighted by Gasteiger charge is -2.24. The number of carbonyl (C=O) groups excluding carboxylic acids is 2. The number of benzene rings is 2. The lowest BCUT2D eigenvalue weighted by atomic mass is 9.92. The molecule has 0 radical (unpaired) electrons. The van der Waals surface area contributed by atoms with Crippen molar-refractivity contribution in [3.05, 3.63) is 81.5 Å². The number of hydrogen-bond acceptors (Lipinski definition) is 5. The van der Waals surface area contributed by atoms with Crippen molar-refractivity contribution in [2.75, 3.05) is 18.4 Å². The van der Waals surface area contributed by atoms with E-state index in [4.69, 9.17) is 5.10 Å². The van der Waals surface area contributed by atoms with E-state index >= 15 is 0 Å². The molecule has 0 aliphatic heterocycles. The fourth-order valence-corrected chi connectivity index (χ4v) is 3.67. The van der Waals surface area contributed by atoms with Gasteiger partial charge in [0.1, 0.15) is 12.4 Å². The number of nitro groups is 1. The van der Waals surface area contributed by atoms with Crippen LogP contribution in [0, 0.1) is 23.0 Å². The minimum atomic E-state index is -0.546. The van der Waals surface area contributed by atoms with Gasteiger partial charge in [0.05, 0.1) is 16.3 Å². The van der Waals surface area contributed by atoms with E-state index in [2.05, 4.69) is 5.32 Å². The van der Waals surface area contributed by atoms with Gasteiger partial charge < -0.3 is 10.2 Å². The van der Waals surface area contributed by atoms with Crippen molar-refractivity contribution < 1.29 is 14.5 Å². The Kier molecular flexibility index (Phi) is 7.92. The second-order valence-corrected chi connectivity index (χ2v) is 10.3. The first-order chi connectivity index (χ1) is 16.8. The summed E-state index contributed by atoms with van der Waals surface area (Å²) in [6.07, 6.45) is 0. The van der Waals surface area contributed by atoms with Crippen molar-refractivity contribution in [1.29, 1.82) is 0 Å². The SMILES string of the molecule is Cc1ccc(-n2nc(C(C)(C)C)cc2NC(=O)CN(CC(C)C)C(=O)c2cccc([N+](=O)[O-])c2)cc1. The number of nitrogens with one attached hydrogen (secondary N) is 1. The zero-order chi connectivity index (χ0) is 26.6. The molecule has 0 fully saturated rings. The Balaban J connectivity index is 1.88. The summed E-state index contributed by atoms with van der Waals surface area (Å²) in [7, 11) is 0. The normalized spacial score (nSPS) is 11.4. The molecule has 9 heteroatoms. The van der Waals surface area contributed by atoms with Gasteiger partial charge in [0.2, 0.25) is 5.91 Å². The number of non-ortho nitro benzene ring substituents is 1. The summed E-state index contributed by atoms with van der Waals surface area (Å²) < 4.78 is 1.69. The van der Waals surface area contributed by atoms with Gasteiger partial charge in [-0.25, -0.2) is 4.68 Å². The van der Waals surface area contributed by atoms with Gasteiger partial charge in [-0.2, -0.15) is 5.10 Å². The number of hydrogen-bond donors (Lipinski definition) is 1. The molecule has 36 heavy (non-hydrogen) atoms. The number of nitrogens with zero attached hydrogens (tertiary/aromatic N) is 4. The second-order valence-electron chi connectivity index (χ2n) is 10.3. The molecule has 3 aromatic rings. The van der Waals surface area contributed by atoms with E-state index in [1.165, 1.54) is 29.2 Å². The maximum atomic E-state index is 13.2. The van der Waals surface area contributed by atoms with Gasteiger partial charge in [0.25, 0.3) is 11.6 Å². The number of amides is 2. The van der Waals surface area contributed by atoms with Crippen LogP contribution >= 0.6 is 0 Å². The molecule has 0 bridgehead atoms. The molecule has 0 aliphatic rings. The van der Waals surface area contributed by atoms with Crippen molar-refractivity contribution in [2.24, 2.45) is 5.92 Å². The van der Waals surface area contributed by atoms with E-state index in [0.717, 1.165) is 16.9 Å². The summed E-state index contributed by atoms with van der Waals surface area (Å²) in [5, 5.41) is 18.8. The molecule has 1 N–H and O–H groups in total. The Morgan fingerprint density at radius 2 is 1.78 bits per heavy atom. The average molecular weight is 492 g/mol. The molecule has 190 valence electrons. The van der Waals surface area contributed by atoms with Crippen LogP contribution in [0.5, 0.6) is 0 Å². The lowest BCUT2D eigenvalue weighted by molar-refractivity contribution is -0.384.